The molecule has 160 valence electrons. The van der Waals surface area contributed by atoms with Gasteiger partial charge in [0, 0.05) is 57.6 Å². The third-order valence-corrected chi connectivity index (χ3v) is 5.47. The van der Waals surface area contributed by atoms with E-state index in [1.54, 1.807) is 18.2 Å². The molecule has 0 amide bonds. The molecule has 3 rings (SSSR count). The Morgan fingerprint density at radius 2 is 1.77 bits per heavy atom. The van der Waals surface area contributed by atoms with Crippen molar-refractivity contribution in [3.63, 3.8) is 0 Å². The van der Waals surface area contributed by atoms with Crippen molar-refractivity contribution in [2.75, 3.05) is 56.1 Å². The molecule has 2 aromatic carbocycles. The Morgan fingerprint density at radius 1 is 1.07 bits per heavy atom. The second-order valence-corrected chi connectivity index (χ2v) is 7.41. The maximum absolute atomic E-state index is 10.8. The van der Waals surface area contributed by atoms with Crippen molar-refractivity contribution in [1.82, 2.24) is 4.90 Å². The summed E-state index contributed by atoms with van der Waals surface area (Å²) >= 11 is 0. The first-order chi connectivity index (χ1) is 14.6. The molecule has 0 radical (unpaired) electrons. The van der Waals surface area contributed by atoms with Gasteiger partial charge in [0.15, 0.2) is 5.75 Å². The number of piperazine rings is 1. The number of ether oxygens (including phenoxy) is 1. The van der Waals surface area contributed by atoms with E-state index in [1.165, 1.54) is 0 Å². The third-order valence-electron chi connectivity index (χ3n) is 5.47. The highest BCUT2D eigenvalue weighted by Crippen LogP contribution is 2.27. The van der Waals surface area contributed by atoms with Gasteiger partial charge in [0.05, 0.1) is 10.6 Å². The van der Waals surface area contributed by atoms with Gasteiger partial charge >= 0.3 is 0 Å². The molecule has 8 heteroatoms. The number of nitrogens with zero attached hydrogens (tertiary/aromatic N) is 4. The Labute approximate surface area is 176 Å². The highest BCUT2D eigenvalue weighted by atomic mass is 16.6. The molecule has 1 aliphatic heterocycles. The fourth-order valence-electron chi connectivity index (χ4n) is 3.74. The zero-order valence-electron chi connectivity index (χ0n) is 17.3. The fourth-order valence-corrected chi connectivity index (χ4v) is 3.74. The maximum atomic E-state index is 10.8. The lowest BCUT2D eigenvalue weighted by Crippen LogP contribution is -2.46. The number of rotatable bonds is 10. The van der Waals surface area contributed by atoms with E-state index in [1.807, 2.05) is 37.4 Å². The fraction of sp³-hybridized carbons (Fsp3) is 0.409. The van der Waals surface area contributed by atoms with Gasteiger partial charge in [-0.25, -0.2) is 0 Å². The number of hydrogen-bond acceptors (Lipinski definition) is 7. The van der Waals surface area contributed by atoms with Crippen LogP contribution in [0.1, 0.15) is 12.8 Å². The Kier molecular flexibility index (Phi) is 7.62. The Morgan fingerprint density at radius 3 is 2.43 bits per heavy atom. The normalized spacial score (nSPS) is 14.4. The largest absolute Gasteiger partial charge is 0.427 e. The van der Waals surface area contributed by atoms with E-state index in [0.29, 0.717) is 12.2 Å². The summed E-state index contributed by atoms with van der Waals surface area (Å²) in [7, 11) is 2.01. The average Bonchev–Trinajstić information content (AvgIpc) is 2.77. The molecule has 0 unspecified atom stereocenters. The zero-order chi connectivity index (χ0) is 21.3. The first-order valence-electron chi connectivity index (χ1n) is 10.2. The molecule has 1 fully saturated rings. The zero-order valence-corrected chi connectivity index (χ0v) is 17.3. The minimum Gasteiger partial charge on any atom is -0.427 e. The summed E-state index contributed by atoms with van der Waals surface area (Å²) in [6.07, 6.45) is 2.15. The molecule has 30 heavy (non-hydrogen) atoms. The van der Waals surface area contributed by atoms with Crippen molar-refractivity contribution in [2.45, 2.75) is 12.8 Å². The highest BCUT2D eigenvalue weighted by molar-refractivity contribution is 5.62. The van der Waals surface area contributed by atoms with Crippen LogP contribution in [0, 0.1) is 10.1 Å². The van der Waals surface area contributed by atoms with E-state index < -0.39 is 0 Å². The molecule has 0 spiro atoms. The quantitative estimate of drug-likeness (QED) is 0.257. The van der Waals surface area contributed by atoms with Crippen LogP contribution < -0.4 is 14.5 Å². The highest BCUT2D eigenvalue weighted by Gasteiger charge is 2.17. The van der Waals surface area contributed by atoms with Gasteiger partial charge in [0.2, 0.25) is 0 Å². The summed E-state index contributed by atoms with van der Waals surface area (Å²) in [6, 6.07) is 14.3. The minimum atomic E-state index is -0.368. The van der Waals surface area contributed by atoms with E-state index in [2.05, 4.69) is 14.7 Å². The van der Waals surface area contributed by atoms with Crippen LogP contribution >= 0.6 is 0 Å². The molecule has 1 saturated heterocycles. The molecule has 0 bridgehead atoms. The summed E-state index contributed by atoms with van der Waals surface area (Å²) in [6.45, 7) is 6.23. The SMILES string of the molecule is CN(CCCCN1CCN(c2ccc([N+](=O)[O-])cc2)CC1)c1ccccc1OC=O. The van der Waals surface area contributed by atoms with Crippen LogP contribution in [0.2, 0.25) is 0 Å². The molecule has 0 aliphatic carbocycles. The molecule has 0 N–H and O–H groups in total. The average molecular weight is 412 g/mol. The number of nitro groups is 1. The van der Waals surface area contributed by atoms with E-state index in [4.69, 9.17) is 4.74 Å². The standard InChI is InChI=1S/C22H28N4O4/c1-23(21-6-2-3-7-22(21)30-18-27)12-4-5-13-24-14-16-25(17-15-24)19-8-10-20(11-9-19)26(28)29/h2-3,6-11,18H,4-5,12-17H2,1H3. The molecule has 0 atom stereocenters. The first kappa shape index (κ1) is 21.6. The van der Waals surface area contributed by atoms with Crippen LogP contribution in [0.25, 0.3) is 0 Å². The summed E-state index contributed by atoms with van der Waals surface area (Å²) in [5.41, 5.74) is 2.09. The van der Waals surface area contributed by atoms with Gasteiger partial charge in [-0.3, -0.25) is 19.8 Å². The summed E-state index contributed by atoms with van der Waals surface area (Å²) in [5.74, 6) is 0.581. The number of nitro benzene ring substituents is 1. The van der Waals surface area contributed by atoms with Crippen molar-refractivity contribution in [2.24, 2.45) is 0 Å². The predicted molar refractivity (Wildman–Crippen MR) is 117 cm³/mol. The van der Waals surface area contributed by atoms with Crippen LogP contribution in [0.4, 0.5) is 17.1 Å². The van der Waals surface area contributed by atoms with Gasteiger partial charge in [-0.05, 0) is 43.7 Å². The predicted octanol–water partition coefficient (Wildman–Crippen LogP) is 3.17. The summed E-state index contributed by atoms with van der Waals surface area (Å²) in [4.78, 5) is 27.9. The van der Waals surface area contributed by atoms with Gasteiger partial charge in [-0.15, -0.1) is 0 Å². The van der Waals surface area contributed by atoms with Gasteiger partial charge in [-0.2, -0.15) is 0 Å². The number of benzene rings is 2. The molecule has 1 heterocycles. The number of para-hydroxylation sites is 2. The number of carbonyl (C=O) groups is 1. The molecule has 1 aliphatic rings. The summed E-state index contributed by atoms with van der Waals surface area (Å²) < 4.78 is 5.06. The van der Waals surface area contributed by atoms with Crippen LogP contribution in [-0.2, 0) is 4.79 Å². The molecular weight excluding hydrogens is 384 g/mol. The second kappa shape index (κ2) is 10.6. The van der Waals surface area contributed by atoms with E-state index in [9.17, 15) is 14.9 Å². The number of non-ortho nitro benzene ring substituents is 1. The lowest BCUT2D eigenvalue weighted by Gasteiger charge is -2.36. The molecule has 8 nitrogen and oxygen atoms in total. The van der Waals surface area contributed by atoms with E-state index >= 15 is 0 Å². The van der Waals surface area contributed by atoms with Crippen molar-refractivity contribution >= 4 is 23.5 Å². The molecular formula is C22H28N4O4. The Balaban J connectivity index is 1.38. The number of anilines is 2. The summed E-state index contributed by atoms with van der Waals surface area (Å²) in [5, 5.41) is 10.8. The van der Waals surface area contributed by atoms with Gasteiger partial charge in [0.25, 0.3) is 12.2 Å². The Hall–Kier alpha value is -3.13. The monoisotopic (exact) mass is 412 g/mol. The van der Waals surface area contributed by atoms with Gasteiger partial charge in [-0.1, -0.05) is 12.1 Å². The van der Waals surface area contributed by atoms with Crippen molar-refractivity contribution in [3.05, 3.63) is 58.6 Å². The molecule has 0 aromatic heterocycles. The van der Waals surface area contributed by atoms with Crippen LogP contribution in [0.5, 0.6) is 5.75 Å². The van der Waals surface area contributed by atoms with E-state index in [0.717, 1.165) is 63.5 Å². The Bertz CT molecular complexity index is 835. The first-order valence-corrected chi connectivity index (χ1v) is 10.2. The maximum Gasteiger partial charge on any atom is 0.298 e. The van der Waals surface area contributed by atoms with Crippen molar-refractivity contribution < 1.29 is 14.5 Å². The lowest BCUT2D eigenvalue weighted by atomic mass is 10.2. The van der Waals surface area contributed by atoms with Gasteiger partial charge < -0.3 is 14.5 Å². The molecule has 0 saturated carbocycles. The van der Waals surface area contributed by atoms with E-state index in [-0.39, 0.29) is 10.6 Å². The number of hydrogen-bond donors (Lipinski definition) is 0. The number of carbonyl (C=O) groups excluding carboxylic acids is 1. The van der Waals surface area contributed by atoms with Crippen molar-refractivity contribution in [1.29, 1.82) is 0 Å². The van der Waals surface area contributed by atoms with Crippen LogP contribution in [-0.4, -0.2) is 62.6 Å². The second-order valence-electron chi connectivity index (χ2n) is 7.41. The smallest absolute Gasteiger partial charge is 0.298 e. The molecule has 2 aromatic rings. The number of unbranched alkanes of at least 4 members (excludes halogenated alkanes) is 1. The van der Waals surface area contributed by atoms with Crippen LogP contribution in [0.3, 0.4) is 0 Å². The van der Waals surface area contributed by atoms with Crippen molar-refractivity contribution in [3.8, 4) is 5.75 Å². The topological polar surface area (TPSA) is 79.2 Å². The lowest BCUT2D eigenvalue weighted by molar-refractivity contribution is -0.384. The van der Waals surface area contributed by atoms with Gasteiger partial charge in [0.1, 0.15) is 0 Å². The third kappa shape index (κ3) is 5.70. The van der Waals surface area contributed by atoms with Crippen LogP contribution in [0.15, 0.2) is 48.5 Å². The minimum absolute atomic E-state index is 0.127.